The summed E-state index contributed by atoms with van der Waals surface area (Å²) in [6.45, 7) is 6.49. The molecule has 6 nitrogen and oxygen atoms in total. The minimum atomic E-state index is -0.145. The monoisotopic (exact) mass is 366 g/mol. The summed E-state index contributed by atoms with van der Waals surface area (Å²) in [5.41, 5.74) is 0.571. The lowest BCUT2D eigenvalue weighted by molar-refractivity contribution is -0.121. The van der Waals surface area contributed by atoms with Crippen LogP contribution >= 0.6 is 11.6 Å². The van der Waals surface area contributed by atoms with E-state index in [1.807, 2.05) is 0 Å². The average molecular weight is 367 g/mol. The third-order valence-corrected chi connectivity index (χ3v) is 4.41. The number of nitrogens with zero attached hydrogens (tertiary/aromatic N) is 1. The van der Waals surface area contributed by atoms with Gasteiger partial charge in [0, 0.05) is 56.3 Å². The van der Waals surface area contributed by atoms with Crippen LogP contribution < -0.4 is 16.0 Å². The molecular formula is C18H27ClN4O2. The number of amides is 2. The van der Waals surface area contributed by atoms with Crippen LogP contribution in [0.15, 0.2) is 24.3 Å². The zero-order valence-electron chi connectivity index (χ0n) is 14.5. The van der Waals surface area contributed by atoms with Crippen LogP contribution in [0, 0.1) is 0 Å². The van der Waals surface area contributed by atoms with Crippen LogP contribution in [-0.2, 0) is 4.79 Å². The summed E-state index contributed by atoms with van der Waals surface area (Å²) in [6.07, 6.45) is 2.02. The Labute approximate surface area is 154 Å². The Bertz CT molecular complexity index is 545. The van der Waals surface area contributed by atoms with Crippen molar-refractivity contribution in [1.82, 2.24) is 20.9 Å². The maximum absolute atomic E-state index is 11.9. The predicted molar refractivity (Wildman–Crippen MR) is 100.0 cm³/mol. The maximum atomic E-state index is 11.9. The molecule has 0 unspecified atom stereocenters. The molecule has 1 aliphatic heterocycles. The van der Waals surface area contributed by atoms with E-state index in [9.17, 15) is 9.59 Å². The summed E-state index contributed by atoms with van der Waals surface area (Å²) >= 11 is 5.79. The lowest BCUT2D eigenvalue weighted by Crippen LogP contribution is -2.44. The Morgan fingerprint density at radius 3 is 2.44 bits per heavy atom. The van der Waals surface area contributed by atoms with E-state index in [1.165, 1.54) is 0 Å². The highest BCUT2D eigenvalue weighted by Crippen LogP contribution is 2.09. The highest BCUT2D eigenvalue weighted by molar-refractivity contribution is 6.30. The highest BCUT2D eigenvalue weighted by atomic mass is 35.5. The SMILES string of the molecule is O=C(CCCNC(=O)c1ccc(Cl)cc1)NCCCN1CCNCC1. The summed E-state index contributed by atoms with van der Waals surface area (Å²) in [5, 5.41) is 9.68. The molecule has 1 heterocycles. The zero-order chi connectivity index (χ0) is 17.9. The molecule has 2 amide bonds. The molecule has 0 aromatic heterocycles. The molecule has 0 spiro atoms. The molecule has 1 saturated heterocycles. The molecule has 1 aliphatic rings. The Morgan fingerprint density at radius 1 is 1.04 bits per heavy atom. The van der Waals surface area contributed by atoms with Crippen molar-refractivity contribution in [2.24, 2.45) is 0 Å². The lowest BCUT2D eigenvalue weighted by atomic mass is 10.2. The fourth-order valence-corrected chi connectivity index (χ4v) is 2.83. The zero-order valence-corrected chi connectivity index (χ0v) is 15.3. The molecule has 7 heteroatoms. The Hall–Kier alpha value is -1.63. The van der Waals surface area contributed by atoms with E-state index in [2.05, 4.69) is 20.9 Å². The average Bonchev–Trinajstić information content (AvgIpc) is 2.63. The maximum Gasteiger partial charge on any atom is 0.251 e. The van der Waals surface area contributed by atoms with Gasteiger partial charge in [-0.05, 0) is 43.7 Å². The summed E-state index contributed by atoms with van der Waals surface area (Å²) in [4.78, 5) is 26.1. The smallest absolute Gasteiger partial charge is 0.251 e. The first-order valence-corrected chi connectivity index (χ1v) is 9.26. The number of hydrogen-bond acceptors (Lipinski definition) is 4. The molecule has 138 valence electrons. The van der Waals surface area contributed by atoms with E-state index in [0.29, 0.717) is 36.5 Å². The molecule has 1 aromatic rings. The van der Waals surface area contributed by atoms with Crippen LogP contribution in [0.25, 0.3) is 0 Å². The predicted octanol–water partition coefficient (Wildman–Crippen LogP) is 1.26. The minimum absolute atomic E-state index is 0.0426. The van der Waals surface area contributed by atoms with Gasteiger partial charge in [0.25, 0.3) is 5.91 Å². The number of hydrogen-bond donors (Lipinski definition) is 3. The van der Waals surface area contributed by atoms with Gasteiger partial charge in [0.1, 0.15) is 0 Å². The first-order chi connectivity index (χ1) is 12.1. The van der Waals surface area contributed by atoms with Gasteiger partial charge < -0.3 is 20.9 Å². The number of halogens is 1. The van der Waals surface area contributed by atoms with Gasteiger partial charge in [-0.15, -0.1) is 0 Å². The Kier molecular flexibility index (Phi) is 8.72. The molecule has 0 radical (unpaired) electrons. The number of piperazine rings is 1. The third-order valence-electron chi connectivity index (χ3n) is 4.16. The van der Waals surface area contributed by atoms with Crippen LogP contribution in [0.2, 0.25) is 5.02 Å². The standard InChI is InChI=1S/C18H27ClN4O2/c19-16-6-4-15(5-7-16)18(25)22-8-1-3-17(24)21-9-2-12-23-13-10-20-11-14-23/h4-7,20H,1-3,8-14H2,(H,21,24)(H,22,25). The van der Waals surface area contributed by atoms with E-state index in [-0.39, 0.29) is 11.8 Å². The molecule has 0 aliphatic carbocycles. The second-order valence-electron chi connectivity index (χ2n) is 6.16. The number of rotatable bonds is 9. The lowest BCUT2D eigenvalue weighted by Gasteiger charge is -2.27. The van der Waals surface area contributed by atoms with E-state index < -0.39 is 0 Å². The van der Waals surface area contributed by atoms with Crippen molar-refractivity contribution < 1.29 is 9.59 Å². The van der Waals surface area contributed by atoms with Gasteiger partial charge >= 0.3 is 0 Å². The van der Waals surface area contributed by atoms with Crippen molar-refractivity contribution in [3.63, 3.8) is 0 Å². The molecular weight excluding hydrogens is 340 g/mol. The molecule has 0 bridgehead atoms. The molecule has 0 saturated carbocycles. The third kappa shape index (κ3) is 7.86. The van der Waals surface area contributed by atoms with Gasteiger partial charge in [0.2, 0.25) is 5.91 Å². The summed E-state index contributed by atoms with van der Waals surface area (Å²) in [7, 11) is 0. The first-order valence-electron chi connectivity index (χ1n) is 8.89. The van der Waals surface area contributed by atoms with E-state index in [1.54, 1.807) is 24.3 Å². The van der Waals surface area contributed by atoms with Gasteiger partial charge in [-0.2, -0.15) is 0 Å². The van der Waals surface area contributed by atoms with Gasteiger partial charge in [-0.1, -0.05) is 11.6 Å². The van der Waals surface area contributed by atoms with Gasteiger partial charge in [0.15, 0.2) is 0 Å². The quantitative estimate of drug-likeness (QED) is 0.575. The number of benzene rings is 1. The first kappa shape index (κ1) is 19.7. The number of carbonyl (C=O) groups is 2. The molecule has 2 rings (SSSR count). The normalized spacial score (nSPS) is 14.9. The van der Waals surface area contributed by atoms with Crippen molar-refractivity contribution in [3.8, 4) is 0 Å². The molecule has 3 N–H and O–H groups in total. The Balaban J connectivity index is 1.49. The van der Waals surface area contributed by atoms with E-state index >= 15 is 0 Å². The minimum Gasteiger partial charge on any atom is -0.356 e. The van der Waals surface area contributed by atoms with Gasteiger partial charge in [0.05, 0.1) is 0 Å². The van der Waals surface area contributed by atoms with Gasteiger partial charge in [-0.25, -0.2) is 0 Å². The van der Waals surface area contributed by atoms with E-state index in [4.69, 9.17) is 11.6 Å². The second-order valence-corrected chi connectivity index (χ2v) is 6.60. The van der Waals surface area contributed by atoms with Crippen molar-refractivity contribution in [3.05, 3.63) is 34.9 Å². The van der Waals surface area contributed by atoms with Crippen LogP contribution in [0.5, 0.6) is 0 Å². The summed E-state index contributed by atoms with van der Waals surface area (Å²) in [6, 6.07) is 6.74. The van der Waals surface area contributed by atoms with E-state index in [0.717, 1.165) is 39.1 Å². The van der Waals surface area contributed by atoms with Crippen LogP contribution in [0.3, 0.4) is 0 Å². The highest BCUT2D eigenvalue weighted by Gasteiger charge is 2.09. The Morgan fingerprint density at radius 2 is 1.72 bits per heavy atom. The van der Waals surface area contributed by atoms with Crippen molar-refractivity contribution >= 4 is 23.4 Å². The topological polar surface area (TPSA) is 73.5 Å². The van der Waals surface area contributed by atoms with Crippen LogP contribution in [0.4, 0.5) is 0 Å². The van der Waals surface area contributed by atoms with Crippen molar-refractivity contribution in [2.45, 2.75) is 19.3 Å². The van der Waals surface area contributed by atoms with Crippen LogP contribution in [-0.4, -0.2) is 62.5 Å². The number of carbonyl (C=O) groups excluding carboxylic acids is 2. The van der Waals surface area contributed by atoms with Crippen LogP contribution in [0.1, 0.15) is 29.6 Å². The summed E-state index contributed by atoms with van der Waals surface area (Å²) in [5.74, 6) is -0.103. The fourth-order valence-electron chi connectivity index (χ4n) is 2.71. The summed E-state index contributed by atoms with van der Waals surface area (Å²) < 4.78 is 0. The molecule has 0 atom stereocenters. The fraction of sp³-hybridized carbons (Fsp3) is 0.556. The van der Waals surface area contributed by atoms with Crippen molar-refractivity contribution in [2.75, 3.05) is 45.8 Å². The number of nitrogens with one attached hydrogen (secondary N) is 3. The molecule has 1 aromatic carbocycles. The largest absolute Gasteiger partial charge is 0.356 e. The van der Waals surface area contributed by atoms with Gasteiger partial charge in [-0.3, -0.25) is 9.59 Å². The molecule has 1 fully saturated rings. The van der Waals surface area contributed by atoms with Crippen molar-refractivity contribution in [1.29, 1.82) is 0 Å². The second kappa shape index (κ2) is 11.1. The molecule has 25 heavy (non-hydrogen) atoms.